The van der Waals surface area contributed by atoms with E-state index in [1.165, 1.54) is 54.9 Å². The largest absolute Gasteiger partial charge is 0.295 e. The van der Waals surface area contributed by atoms with Gasteiger partial charge >= 0.3 is 0 Å². The summed E-state index contributed by atoms with van der Waals surface area (Å²) in [5.41, 5.74) is 5.93. The minimum Gasteiger partial charge on any atom is -0.295 e. The molecule has 5 aliphatic rings. The molecule has 5 aliphatic heterocycles. The number of benzene rings is 1. The van der Waals surface area contributed by atoms with Crippen molar-refractivity contribution in [1.29, 1.82) is 0 Å². The van der Waals surface area contributed by atoms with Crippen LogP contribution in [0, 0.1) is 5.92 Å². The number of para-hydroxylation sites is 1. The first-order valence-electron chi connectivity index (χ1n) is 8.03. The van der Waals surface area contributed by atoms with Crippen LogP contribution < -0.4 is 5.01 Å². The third-order valence-electron chi connectivity index (χ3n) is 5.73. The van der Waals surface area contributed by atoms with Crippen LogP contribution in [0.3, 0.4) is 0 Å². The van der Waals surface area contributed by atoms with Crippen molar-refractivity contribution in [2.24, 2.45) is 11.0 Å². The van der Waals surface area contributed by atoms with Crippen molar-refractivity contribution >= 4 is 11.4 Å². The highest BCUT2D eigenvalue weighted by Crippen LogP contribution is 2.42. The van der Waals surface area contributed by atoms with Crippen molar-refractivity contribution in [2.45, 2.75) is 44.7 Å². The minimum absolute atomic E-state index is 0.521. The Bertz CT molecular complexity index is 598. The van der Waals surface area contributed by atoms with Crippen LogP contribution in [-0.4, -0.2) is 35.8 Å². The Morgan fingerprint density at radius 2 is 1.85 bits per heavy atom. The van der Waals surface area contributed by atoms with Crippen LogP contribution in [-0.2, 0) is 12.8 Å². The smallest absolute Gasteiger partial charge is 0.0662 e. The lowest BCUT2D eigenvalue weighted by molar-refractivity contribution is 0.145. The summed E-state index contributed by atoms with van der Waals surface area (Å²) < 4.78 is 0. The van der Waals surface area contributed by atoms with Gasteiger partial charge in [0.1, 0.15) is 0 Å². The van der Waals surface area contributed by atoms with Gasteiger partial charge in [-0.2, -0.15) is 5.10 Å². The molecule has 1 aromatic rings. The number of nitrogens with zero attached hydrogens (tertiary/aromatic N) is 3. The van der Waals surface area contributed by atoms with Crippen molar-refractivity contribution in [1.82, 2.24) is 4.90 Å². The van der Waals surface area contributed by atoms with E-state index >= 15 is 0 Å². The Balaban J connectivity index is 1.69. The highest BCUT2D eigenvalue weighted by Gasteiger charge is 2.43. The summed E-state index contributed by atoms with van der Waals surface area (Å²) in [6.07, 6.45) is 4.96. The monoisotopic (exact) mass is 267 g/mol. The molecule has 0 saturated carbocycles. The number of hydrogen-bond donors (Lipinski definition) is 0. The van der Waals surface area contributed by atoms with Crippen LogP contribution in [0.5, 0.6) is 0 Å². The second-order valence-electron chi connectivity index (χ2n) is 6.88. The lowest BCUT2D eigenvalue weighted by Crippen LogP contribution is -2.56. The zero-order chi connectivity index (χ0) is 13.3. The lowest BCUT2D eigenvalue weighted by atomic mass is 9.79. The Kier molecular flexibility index (Phi) is 2.18. The first-order chi connectivity index (χ1) is 9.81. The zero-order valence-electron chi connectivity index (χ0n) is 12.0. The van der Waals surface area contributed by atoms with Crippen molar-refractivity contribution in [2.75, 3.05) is 18.1 Å². The van der Waals surface area contributed by atoms with Crippen LogP contribution >= 0.6 is 0 Å². The lowest BCUT2D eigenvalue weighted by Gasteiger charge is -2.46. The molecule has 6 rings (SSSR count). The van der Waals surface area contributed by atoms with E-state index in [-0.39, 0.29) is 0 Å². The van der Waals surface area contributed by atoms with Gasteiger partial charge in [0.05, 0.1) is 23.5 Å². The molecule has 3 saturated heterocycles. The predicted molar refractivity (Wildman–Crippen MR) is 81.3 cm³/mol. The molecule has 3 heteroatoms. The van der Waals surface area contributed by atoms with Gasteiger partial charge in [0.15, 0.2) is 0 Å². The normalized spacial score (nSPS) is 37.2. The first-order valence-corrected chi connectivity index (χ1v) is 8.03. The second kappa shape index (κ2) is 3.85. The molecule has 1 aromatic carbocycles. The van der Waals surface area contributed by atoms with Crippen LogP contribution in [0.15, 0.2) is 23.3 Å². The van der Waals surface area contributed by atoms with Crippen LogP contribution in [0.2, 0.25) is 0 Å². The molecule has 5 heterocycles. The number of fused-ring (bicyclic) bond motifs is 2. The molecular formula is C17H21N3. The number of hydrogen-bond acceptors (Lipinski definition) is 3. The minimum atomic E-state index is 0.521. The van der Waals surface area contributed by atoms with Gasteiger partial charge in [-0.05, 0) is 56.8 Å². The molecular weight excluding hydrogens is 246 g/mol. The van der Waals surface area contributed by atoms with E-state index < -0.39 is 0 Å². The predicted octanol–water partition coefficient (Wildman–Crippen LogP) is 2.44. The zero-order valence-corrected chi connectivity index (χ0v) is 12.0. The van der Waals surface area contributed by atoms with E-state index in [9.17, 15) is 0 Å². The molecule has 3 fully saturated rings. The topological polar surface area (TPSA) is 18.8 Å². The van der Waals surface area contributed by atoms with Gasteiger partial charge in [-0.25, -0.2) is 0 Å². The second-order valence-corrected chi connectivity index (χ2v) is 6.88. The summed E-state index contributed by atoms with van der Waals surface area (Å²) in [7, 11) is 0. The number of rotatable bonds is 0. The molecule has 20 heavy (non-hydrogen) atoms. The average Bonchev–Trinajstić information content (AvgIpc) is 2.69. The average molecular weight is 267 g/mol. The van der Waals surface area contributed by atoms with Gasteiger partial charge in [-0.1, -0.05) is 18.2 Å². The van der Waals surface area contributed by atoms with E-state index in [0.29, 0.717) is 12.1 Å². The van der Waals surface area contributed by atoms with E-state index in [0.717, 1.165) is 12.3 Å². The maximum absolute atomic E-state index is 5.18. The Morgan fingerprint density at radius 3 is 2.65 bits per heavy atom. The fraction of sp³-hybridized carbons (Fsp3) is 0.588. The standard InChI is InChI=1S/C17H21N3/c1-11-9-13-3-2-4-14-10-15-16(18-20(11)17(13)14)12-5-7-19(15)8-6-12/h2-4,11-12,15H,5-10H2,1H3. The molecule has 2 atom stereocenters. The molecule has 0 aromatic heterocycles. The van der Waals surface area contributed by atoms with E-state index in [1.54, 1.807) is 0 Å². The fourth-order valence-electron chi connectivity index (χ4n) is 4.72. The molecule has 0 aliphatic carbocycles. The molecule has 0 radical (unpaired) electrons. The van der Waals surface area contributed by atoms with Crippen molar-refractivity contribution in [3.8, 4) is 0 Å². The van der Waals surface area contributed by atoms with Crippen molar-refractivity contribution < 1.29 is 0 Å². The summed E-state index contributed by atoms with van der Waals surface area (Å²) >= 11 is 0. The summed E-state index contributed by atoms with van der Waals surface area (Å²) in [5, 5.41) is 7.53. The SMILES string of the molecule is CC1Cc2cccc3c2N1N=C1C2CCN(CC2)C1C3. The highest BCUT2D eigenvalue weighted by molar-refractivity contribution is 5.95. The molecule has 0 spiro atoms. The third kappa shape index (κ3) is 1.37. The molecule has 0 amide bonds. The van der Waals surface area contributed by atoms with Crippen molar-refractivity contribution in [3.05, 3.63) is 29.3 Å². The third-order valence-corrected chi connectivity index (χ3v) is 5.73. The summed E-state index contributed by atoms with van der Waals surface area (Å²) in [6.45, 7) is 4.87. The van der Waals surface area contributed by atoms with Gasteiger partial charge in [0.25, 0.3) is 0 Å². The Hall–Kier alpha value is -1.35. The van der Waals surface area contributed by atoms with E-state index in [4.69, 9.17) is 5.10 Å². The summed E-state index contributed by atoms with van der Waals surface area (Å²) in [5.74, 6) is 0.746. The van der Waals surface area contributed by atoms with Crippen LogP contribution in [0.25, 0.3) is 0 Å². The van der Waals surface area contributed by atoms with Gasteiger partial charge in [-0.3, -0.25) is 9.91 Å². The molecule has 3 nitrogen and oxygen atoms in total. The van der Waals surface area contributed by atoms with Gasteiger partial charge in [0, 0.05) is 5.92 Å². The molecule has 0 N–H and O–H groups in total. The van der Waals surface area contributed by atoms with Crippen LogP contribution in [0.4, 0.5) is 5.69 Å². The van der Waals surface area contributed by atoms with E-state index in [1.807, 2.05) is 0 Å². The summed E-state index contributed by atoms with van der Waals surface area (Å²) in [6, 6.07) is 7.95. The van der Waals surface area contributed by atoms with Crippen LogP contribution in [0.1, 0.15) is 30.9 Å². The Morgan fingerprint density at radius 1 is 1.10 bits per heavy atom. The maximum atomic E-state index is 5.18. The number of hydrazone groups is 1. The number of anilines is 1. The van der Waals surface area contributed by atoms with Crippen molar-refractivity contribution in [3.63, 3.8) is 0 Å². The van der Waals surface area contributed by atoms with Gasteiger partial charge < -0.3 is 0 Å². The maximum Gasteiger partial charge on any atom is 0.0662 e. The first kappa shape index (κ1) is 11.3. The fourth-order valence-corrected chi connectivity index (χ4v) is 4.72. The summed E-state index contributed by atoms with van der Waals surface area (Å²) in [4.78, 5) is 2.67. The molecule has 2 bridgehead atoms. The van der Waals surface area contributed by atoms with E-state index in [2.05, 4.69) is 35.0 Å². The molecule has 104 valence electrons. The highest BCUT2D eigenvalue weighted by atomic mass is 15.5. The Labute approximate surface area is 120 Å². The number of piperidine rings is 3. The van der Waals surface area contributed by atoms with Gasteiger partial charge in [0.2, 0.25) is 0 Å². The quantitative estimate of drug-likeness (QED) is 0.719. The molecule has 2 unspecified atom stereocenters. The van der Waals surface area contributed by atoms with Gasteiger partial charge in [-0.15, -0.1) is 0 Å².